The molecule has 0 spiro atoms. The smallest absolute Gasteiger partial charge is 0.180 e. The molecule has 5 rings (SSSR count). The van der Waals surface area contributed by atoms with E-state index in [1.165, 1.54) is 9.36 Å². The molecule has 15 nitrogen and oxygen atoms in total. The summed E-state index contributed by atoms with van der Waals surface area (Å²) in [5.41, 5.74) is 2.98. The lowest BCUT2D eigenvalue weighted by Crippen LogP contribution is -2.50. The van der Waals surface area contributed by atoms with Crippen LogP contribution in [0.5, 0.6) is 0 Å². The van der Waals surface area contributed by atoms with Gasteiger partial charge in [-0.25, -0.2) is 9.36 Å². The first-order valence-electron chi connectivity index (χ1n) is 12.6. The van der Waals surface area contributed by atoms with Crippen LogP contribution in [0.3, 0.4) is 0 Å². The average Bonchev–Trinajstić information content (AvgIpc) is 3.58. The van der Waals surface area contributed by atoms with Crippen molar-refractivity contribution in [3.8, 4) is 0 Å². The molecule has 2 saturated heterocycles. The lowest BCUT2D eigenvalue weighted by molar-refractivity contribution is -0.214. The first-order chi connectivity index (χ1) is 18.9. The highest BCUT2D eigenvalue weighted by Crippen LogP contribution is 2.24. The minimum atomic E-state index is -1.34. The third-order valence-corrected chi connectivity index (χ3v) is 6.44. The fourth-order valence-corrected chi connectivity index (χ4v) is 4.42. The van der Waals surface area contributed by atoms with Gasteiger partial charge in [-0.15, -0.1) is 10.2 Å². The molecule has 39 heavy (non-hydrogen) atoms. The fourth-order valence-electron chi connectivity index (χ4n) is 4.42. The van der Waals surface area contributed by atoms with Crippen molar-refractivity contribution < 1.29 is 44.5 Å². The second kappa shape index (κ2) is 12.5. The van der Waals surface area contributed by atoms with E-state index in [9.17, 15) is 25.5 Å². The van der Waals surface area contributed by atoms with Gasteiger partial charge in [0.15, 0.2) is 12.5 Å². The Hall–Kier alpha value is -2.86. The summed E-state index contributed by atoms with van der Waals surface area (Å²) in [6.07, 6.45) is -3.61. The third kappa shape index (κ3) is 6.84. The molecule has 3 aromatic rings. The van der Waals surface area contributed by atoms with E-state index in [2.05, 4.69) is 20.6 Å². The Balaban J connectivity index is 1.06. The van der Waals surface area contributed by atoms with Gasteiger partial charge < -0.3 is 44.5 Å². The number of rotatable bonds is 10. The monoisotopic (exact) mass is 548 g/mol. The number of nitrogens with zero attached hydrogens (tertiary/aromatic N) is 6. The number of benzene rings is 1. The molecule has 2 aliphatic heterocycles. The summed E-state index contributed by atoms with van der Waals surface area (Å²) < 4.78 is 25.1. The number of hydrogen-bond donors (Lipinski definition) is 5. The van der Waals surface area contributed by atoms with Crippen LogP contribution in [0.1, 0.15) is 41.4 Å². The number of ether oxygens (including phenoxy) is 4. The predicted octanol–water partition coefficient (Wildman–Crippen LogP) is -1.44. The van der Waals surface area contributed by atoms with Crippen LogP contribution in [0.2, 0.25) is 0 Å². The van der Waals surface area contributed by atoms with E-state index in [0.717, 1.165) is 11.1 Å². The van der Waals surface area contributed by atoms with Gasteiger partial charge in [0.2, 0.25) is 0 Å². The Morgan fingerprint density at radius 3 is 1.95 bits per heavy atom. The molecule has 7 atom stereocenters. The highest BCUT2D eigenvalue weighted by molar-refractivity contribution is 5.22. The van der Waals surface area contributed by atoms with Gasteiger partial charge in [0.1, 0.15) is 35.8 Å². The van der Waals surface area contributed by atoms with Gasteiger partial charge in [-0.2, -0.15) is 0 Å². The van der Waals surface area contributed by atoms with E-state index < -0.39 is 43.0 Å². The summed E-state index contributed by atoms with van der Waals surface area (Å²) in [5.74, 6) is 0. The van der Waals surface area contributed by atoms with Crippen LogP contribution < -0.4 is 0 Å². The maximum Gasteiger partial charge on any atom is 0.180 e. The van der Waals surface area contributed by atoms with Gasteiger partial charge >= 0.3 is 0 Å². The molecular formula is C24H32N6O9. The van der Waals surface area contributed by atoms with Crippen molar-refractivity contribution in [2.75, 3.05) is 13.2 Å². The lowest BCUT2D eigenvalue weighted by Gasteiger charge is -2.34. The van der Waals surface area contributed by atoms with Gasteiger partial charge in [0, 0.05) is 6.42 Å². The van der Waals surface area contributed by atoms with Gasteiger partial charge in [0.05, 0.1) is 58.1 Å². The Morgan fingerprint density at radius 2 is 1.33 bits per heavy atom. The van der Waals surface area contributed by atoms with Crippen LogP contribution in [0, 0.1) is 0 Å². The van der Waals surface area contributed by atoms with E-state index >= 15 is 0 Å². The van der Waals surface area contributed by atoms with Gasteiger partial charge in [-0.05, 0) is 11.1 Å². The van der Waals surface area contributed by atoms with Crippen molar-refractivity contribution in [2.24, 2.45) is 0 Å². The predicted molar refractivity (Wildman–Crippen MR) is 128 cm³/mol. The molecule has 15 heteroatoms. The minimum Gasteiger partial charge on any atom is -0.391 e. The Labute approximate surface area is 223 Å². The van der Waals surface area contributed by atoms with E-state index in [-0.39, 0.29) is 32.8 Å². The van der Waals surface area contributed by atoms with E-state index in [4.69, 9.17) is 18.9 Å². The molecule has 0 amide bonds. The lowest BCUT2D eigenvalue weighted by atomic mass is 10.0. The van der Waals surface area contributed by atoms with Crippen molar-refractivity contribution in [3.63, 3.8) is 0 Å². The fraction of sp³-hybridized carbons (Fsp3) is 0.583. The normalized spacial score (nSPS) is 29.5. The van der Waals surface area contributed by atoms with Crippen molar-refractivity contribution in [1.82, 2.24) is 30.0 Å². The largest absolute Gasteiger partial charge is 0.391 e. The maximum absolute atomic E-state index is 10.1. The van der Waals surface area contributed by atoms with Crippen LogP contribution in [-0.4, -0.2) is 99.3 Å². The molecule has 1 aromatic carbocycles. The van der Waals surface area contributed by atoms with Crippen LogP contribution >= 0.6 is 0 Å². The second-order valence-electron chi connectivity index (χ2n) is 9.64. The molecule has 2 fully saturated rings. The first-order valence-corrected chi connectivity index (χ1v) is 12.6. The summed E-state index contributed by atoms with van der Waals surface area (Å²) in [6.45, 7) is 1.05. The molecular weight excluding hydrogens is 516 g/mol. The van der Waals surface area contributed by atoms with E-state index in [0.29, 0.717) is 24.6 Å². The van der Waals surface area contributed by atoms with Crippen molar-refractivity contribution in [1.29, 1.82) is 0 Å². The van der Waals surface area contributed by atoms with Crippen molar-refractivity contribution in [2.45, 2.75) is 75.8 Å². The minimum absolute atomic E-state index is 0.125. The van der Waals surface area contributed by atoms with Crippen LogP contribution in [0.25, 0.3) is 0 Å². The topological polar surface area (TPSA) is 199 Å². The maximum atomic E-state index is 10.1. The average molecular weight is 549 g/mol. The summed E-state index contributed by atoms with van der Waals surface area (Å²) in [4.78, 5) is 0. The van der Waals surface area contributed by atoms with E-state index in [1.54, 1.807) is 12.4 Å². The van der Waals surface area contributed by atoms with Gasteiger partial charge in [-0.3, -0.25) is 0 Å². The second-order valence-corrected chi connectivity index (χ2v) is 9.64. The zero-order valence-electron chi connectivity index (χ0n) is 21.0. The third-order valence-electron chi connectivity index (χ3n) is 6.44. The zero-order chi connectivity index (χ0) is 27.4. The van der Waals surface area contributed by atoms with Crippen LogP contribution in [0.15, 0.2) is 36.7 Å². The highest BCUT2D eigenvalue weighted by atomic mass is 16.5. The van der Waals surface area contributed by atoms with Gasteiger partial charge in [0.25, 0.3) is 0 Å². The molecule has 2 aromatic heterocycles. The molecule has 4 heterocycles. The molecule has 0 aliphatic carbocycles. The van der Waals surface area contributed by atoms with E-state index in [1.807, 2.05) is 24.3 Å². The molecule has 5 N–H and O–H groups in total. The van der Waals surface area contributed by atoms with Crippen LogP contribution in [-0.2, 0) is 45.4 Å². The number of aromatic nitrogens is 6. The molecule has 212 valence electrons. The quantitative estimate of drug-likeness (QED) is 0.197. The molecule has 2 aliphatic rings. The highest BCUT2D eigenvalue weighted by Gasteiger charge is 2.39. The first kappa shape index (κ1) is 27.7. The van der Waals surface area contributed by atoms with Crippen molar-refractivity contribution >= 4 is 0 Å². The molecule has 7 unspecified atom stereocenters. The Bertz CT molecular complexity index is 1210. The SMILES string of the molecule is OC1COC(n2cc(COCc3cccc(COCc4cn(C5OCC(O)C(O)C5O)nn4)c3)nn2)C(O)C1. The zero-order valence-corrected chi connectivity index (χ0v) is 21.0. The summed E-state index contributed by atoms with van der Waals surface area (Å²) in [5, 5.41) is 65.3. The summed E-state index contributed by atoms with van der Waals surface area (Å²) in [7, 11) is 0. The number of hydrogen-bond acceptors (Lipinski definition) is 13. The Morgan fingerprint density at radius 1 is 0.744 bits per heavy atom. The molecule has 0 radical (unpaired) electrons. The van der Waals surface area contributed by atoms with Crippen molar-refractivity contribution in [3.05, 3.63) is 59.2 Å². The summed E-state index contributed by atoms with van der Waals surface area (Å²) in [6, 6.07) is 7.73. The summed E-state index contributed by atoms with van der Waals surface area (Å²) >= 11 is 0. The van der Waals surface area contributed by atoms with Gasteiger partial charge in [-0.1, -0.05) is 34.7 Å². The number of aliphatic hydroxyl groups is 5. The Kier molecular flexibility index (Phi) is 8.91. The standard InChI is InChI=1S/C24H32N6O9/c31-18-5-19(32)23(38-12-18)29-6-16(25-27-29)10-36-8-14-2-1-3-15(4-14)9-37-11-17-7-30(28-26-17)24-22(35)21(34)20(33)13-39-24/h1-4,6-7,18-24,31-35H,5,8-13H2. The molecule has 0 saturated carbocycles. The van der Waals surface area contributed by atoms with Crippen LogP contribution in [0.4, 0.5) is 0 Å². The molecule has 0 bridgehead atoms. The number of aliphatic hydroxyl groups excluding tert-OH is 5.